The van der Waals surface area contributed by atoms with E-state index in [0.29, 0.717) is 0 Å². The first-order valence-corrected chi connectivity index (χ1v) is 4.45. The van der Waals surface area contributed by atoms with Crippen molar-refractivity contribution in [3.63, 3.8) is 0 Å². The van der Waals surface area contributed by atoms with Gasteiger partial charge in [-0.25, -0.2) is 4.39 Å². The quantitative estimate of drug-likeness (QED) is 0.651. The molecule has 0 aliphatic heterocycles. The van der Waals surface area contributed by atoms with E-state index in [1.165, 1.54) is 0 Å². The maximum atomic E-state index is 14.4. The number of hydrogen-bond donors (Lipinski definition) is 1. The summed E-state index contributed by atoms with van der Waals surface area (Å²) in [4.78, 5) is 0. The normalized spacial score (nSPS) is 15.0. The average molecular weight is 175 g/mol. The minimum atomic E-state index is -1.31. The molecule has 2 heteroatoms. The summed E-state index contributed by atoms with van der Waals surface area (Å²) in [7, 11) is 0. The molecule has 1 nitrogen and oxygen atoms in total. The summed E-state index contributed by atoms with van der Waals surface area (Å²) < 4.78 is 14.4. The zero-order valence-electron chi connectivity index (χ0n) is 9.16. The fourth-order valence-electron chi connectivity index (χ4n) is 1.74. The Bertz CT molecular complexity index is 136. The molecule has 0 fully saturated rings. The monoisotopic (exact) mass is 175 g/mol. The van der Waals surface area contributed by atoms with Crippen LogP contribution in [0.4, 0.5) is 4.39 Å². The Hall–Kier alpha value is -0.110. The summed E-state index contributed by atoms with van der Waals surface area (Å²) in [5.74, 6) is 0. The van der Waals surface area contributed by atoms with E-state index >= 15 is 0 Å². The maximum absolute atomic E-state index is 14.4. The van der Waals surface area contributed by atoms with Crippen LogP contribution in [0.15, 0.2) is 0 Å². The molecule has 0 heterocycles. The molecule has 12 heavy (non-hydrogen) atoms. The van der Waals surface area contributed by atoms with E-state index in [2.05, 4.69) is 0 Å². The Balaban J connectivity index is 4.95. The van der Waals surface area contributed by atoms with Gasteiger partial charge >= 0.3 is 0 Å². The van der Waals surface area contributed by atoms with E-state index < -0.39 is 16.5 Å². The molecule has 0 radical (unpaired) electrons. The topological polar surface area (TPSA) is 26.0 Å². The van der Waals surface area contributed by atoms with Gasteiger partial charge in [-0.2, -0.15) is 0 Å². The van der Waals surface area contributed by atoms with Crippen molar-refractivity contribution in [1.29, 1.82) is 0 Å². The molecule has 0 amide bonds. The fraction of sp³-hybridized carbons (Fsp3) is 1.00. The highest BCUT2D eigenvalue weighted by molar-refractivity contribution is 5.00. The molecule has 0 saturated heterocycles. The van der Waals surface area contributed by atoms with Crippen molar-refractivity contribution in [3.8, 4) is 0 Å². The second-order valence-electron chi connectivity index (χ2n) is 5.51. The minimum Gasteiger partial charge on any atom is -0.327 e. The van der Waals surface area contributed by atoms with Crippen LogP contribution in [0.5, 0.6) is 0 Å². The van der Waals surface area contributed by atoms with E-state index in [4.69, 9.17) is 5.73 Å². The molecule has 2 N–H and O–H groups in total. The Morgan fingerprint density at radius 2 is 1.17 bits per heavy atom. The van der Waals surface area contributed by atoms with Crippen LogP contribution in [-0.4, -0.2) is 12.2 Å². The van der Waals surface area contributed by atoms with Gasteiger partial charge in [0.15, 0.2) is 0 Å². The first-order valence-electron chi connectivity index (χ1n) is 4.45. The van der Waals surface area contributed by atoms with Gasteiger partial charge in [-0.3, -0.25) is 0 Å². The maximum Gasteiger partial charge on any atom is 0.132 e. The molecule has 0 aromatic rings. The third-order valence-corrected chi connectivity index (χ3v) is 2.66. The SMILES string of the molecule is CC(C)(C)C(F)(CN)C(C)(C)C. The molecule has 0 aliphatic rings. The third-order valence-electron chi connectivity index (χ3n) is 2.66. The van der Waals surface area contributed by atoms with E-state index in [1.807, 2.05) is 41.5 Å². The smallest absolute Gasteiger partial charge is 0.132 e. The van der Waals surface area contributed by atoms with Gasteiger partial charge in [0.1, 0.15) is 5.67 Å². The highest BCUT2D eigenvalue weighted by atomic mass is 19.1. The molecule has 0 atom stereocenters. The van der Waals surface area contributed by atoms with Gasteiger partial charge in [-0.1, -0.05) is 41.5 Å². The lowest BCUT2D eigenvalue weighted by atomic mass is 9.64. The molecule has 0 unspecified atom stereocenters. The molecular weight excluding hydrogens is 153 g/mol. The van der Waals surface area contributed by atoms with Crippen molar-refractivity contribution in [1.82, 2.24) is 0 Å². The van der Waals surface area contributed by atoms with Crippen molar-refractivity contribution in [2.75, 3.05) is 6.54 Å². The molecule has 0 aliphatic carbocycles. The number of nitrogens with two attached hydrogens (primary N) is 1. The van der Waals surface area contributed by atoms with Gasteiger partial charge in [0, 0.05) is 6.54 Å². The van der Waals surface area contributed by atoms with Crippen molar-refractivity contribution in [3.05, 3.63) is 0 Å². The second-order valence-corrected chi connectivity index (χ2v) is 5.51. The average Bonchev–Trinajstić information content (AvgIpc) is 1.81. The molecular formula is C10H22FN. The number of hydrogen-bond acceptors (Lipinski definition) is 1. The molecule has 0 bridgehead atoms. The second kappa shape index (κ2) is 2.99. The van der Waals surface area contributed by atoms with Gasteiger partial charge in [-0.05, 0) is 10.8 Å². The zero-order chi connectivity index (χ0) is 10.2. The lowest BCUT2D eigenvalue weighted by Gasteiger charge is -2.46. The molecule has 0 rings (SSSR count). The summed E-state index contributed by atoms with van der Waals surface area (Å²) in [5.41, 5.74) is 3.39. The van der Waals surface area contributed by atoms with Crippen LogP contribution < -0.4 is 5.73 Å². The van der Waals surface area contributed by atoms with Crippen molar-refractivity contribution < 1.29 is 4.39 Å². The molecule has 0 saturated carbocycles. The Morgan fingerprint density at radius 1 is 0.917 bits per heavy atom. The lowest BCUT2D eigenvalue weighted by Crippen LogP contribution is -2.54. The number of rotatable bonds is 1. The van der Waals surface area contributed by atoms with E-state index in [0.717, 1.165) is 0 Å². The van der Waals surface area contributed by atoms with Gasteiger partial charge in [0.05, 0.1) is 0 Å². The van der Waals surface area contributed by atoms with Crippen LogP contribution in [0.3, 0.4) is 0 Å². The van der Waals surface area contributed by atoms with Gasteiger partial charge in [0.25, 0.3) is 0 Å². The van der Waals surface area contributed by atoms with Crippen molar-refractivity contribution >= 4 is 0 Å². The molecule has 0 aromatic carbocycles. The van der Waals surface area contributed by atoms with Crippen LogP contribution in [0, 0.1) is 10.8 Å². The van der Waals surface area contributed by atoms with Gasteiger partial charge in [-0.15, -0.1) is 0 Å². The minimum absolute atomic E-state index is 0.0833. The van der Waals surface area contributed by atoms with Crippen LogP contribution in [0.25, 0.3) is 0 Å². The summed E-state index contributed by atoms with van der Waals surface area (Å²) >= 11 is 0. The standard InChI is InChI=1S/C10H22FN/c1-8(2,3)10(11,7-12)9(4,5)6/h7,12H2,1-6H3. The highest BCUT2D eigenvalue weighted by Crippen LogP contribution is 2.46. The van der Waals surface area contributed by atoms with Crippen molar-refractivity contribution in [2.24, 2.45) is 16.6 Å². The summed E-state index contributed by atoms with van der Waals surface area (Å²) in [5, 5.41) is 0. The fourth-order valence-corrected chi connectivity index (χ4v) is 1.74. The van der Waals surface area contributed by atoms with E-state index in [1.54, 1.807) is 0 Å². The Morgan fingerprint density at radius 3 is 1.17 bits per heavy atom. The lowest BCUT2D eigenvalue weighted by molar-refractivity contribution is -0.0579. The number of halogens is 1. The summed E-state index contributed by atoms with van der Waals surface area (Å²) in [6.45, 7) is 11.4. The van der Waals surface area contributed by atoms with Crippen LogP contribution >= 0.6 is 0 Å². The Kier molecular flexibility index (Phi) is 2.96. The van der Waals surface area contributed by atoms with Crippen LogP contribution in [-0.2, 0) is 0 Å². The van der Waals surface area contributed by atoms with Gasteiger partial charge < -0.3 is 5.73 Å². The predicted molar refractivity (Wildman–Crippen MR) is 51.8 cm³/mol. The third kappa shape index (κ3) is 1.79. The van der Waals surface area contributed by atoms with Crippen LogP contribution in [0.1, 0.15) is 41.5 Å². The largest absolute Gasteiger partial charge is 0.327 e. The van der Waals surface area contributed by atoms with E-state index in [9.17, 15) is 4.39 Å². The predicted octanol–water partition coefficient (Wildman–Crippen LogP) is 2.75. The highest BCUT2D eigenvalue weighted by Gasteiger charge is 2.50. The zero-order valence-corrected chi connectivity index (χ0v) is 9.16. The van der Waals surface area contributed by atoms with Crippen LogP contribution in [0.2, 0.25) is 0 Å². The first-order chi connectivity index (χ1) is 5.06. The first kappa shape index (κ1) is 11.9. The molecule has 74 valence electrons. The van der Waals surface area contributed by atoms with Crippen molar-refractivity contribution in [2.45, 2.75) is 47.2 Å². The van der Waals surface area contributed by atoms with E-state index in [-0.39, 0.29) is 6.54 Å². The number of alkyl halides is 1. The summed E-state index contributed by atoms with van der Waals surface area (Å²) in [6.07, 6.45) is 0. The van der Waals surface area contributed by atoms with Gasteiger partial charge in [0.2, 0.25) is 0 Å². The summed E-state index contributed by atoms with van der Waals surface area (Å²) in [6, 6.07) is 0. The molecule has 0 aromatic heterocycles. The molecule has 0 spiro atoms. The Labute approximate surface area is 75.5 Å².